The van der Waals surface area contributed by atoms with Crippen LogP contribution in [0.1, 0.15) is 28.8 Å². The summed E-state index contributed by atoms with van der Waals surface area (Å²) in [6, 6.07) is 4.42. The van der Waals surface area contributed by atoms with Crippen LogP contribution in [0.3, 0.4) is 0 Å². The zero-order chi connectivity index (χ0) is 15.4. The van der Waals surface area contributed by atoms with Gasteiger partial charge in [-0.25, -0.2) is 9.59 Å². The van der Waals surface area contributed by atoms with E-state index in [1.165, 1.54) is 6.07 Å². The number of rotatable bonds is 5. The SMILES string of the molecule is Cc1cccc(NC(=O)NCC(=O)NC2CC2)c1C(=O)O. The van der Waals surface area contributed by atoms with Crippen LogP contribution < -0.4 is 16.0 Å². The van der Waals surface area contributed by atoms with Gasteiger partial charge in [0.05, 0.1) is 17.8 Å². The molecule has 1 fully saturated rings. The maximum absolute atomic E-state index is 11.7. The molecule has 0 bridgehead atoms. The van der Waals surface area contributed by atoms with Gasteiger partial charge in [-0.2, -0.15) is 0 Å². The fourth-order valence-electron chi connectivity index (χ4n) is 1.89. The van der Waals surface area contributed by atoms with Crippen molar-refractivity contribution in [2.75, 3.05) is 11.9 Å². The third-order valence-electron chi connectivity index (χ3n) is 3.09. The van der Waals surface area contributed by atoms with E-state index in [1.54, 1.807) is 19.1 Å². The first kappa shape index (κ1) is 14.8. The highest BCUT2D eigenvalue weighted by Crippen LogP contribution is 2.19. The predicted molar refractivity (Wildman–Crippen MR) is 76.3 cm³/mol. The van der Waals surface area contributed by atoms with Crippen LogP contribution in [0, 0.1) is 6.92 Å². The zero-order valence-electron chi connectivity index (χ0n) is 11.6. The van der Waals surface area contributed by atoms with Crippen molar-refractivity contribution in [3.63, 3.8) is 0 Å². The number of nitrogens with one attached hydrogen (secondary N) is 3. The van der Waals surface area contributed by atoms with Crippen LogP contribution in [0.5, 0.6) is 0 Å². The Hall–Kier alpha value is -2.57. The van der Waals surface area contributed by atoms with Gasteiger partial charge in [0, 0.05) is 6.04 Å². The Morgan fingerprint density at radius 3 is 2.62 bits per heavy atom. The number of urea groups is 1. The third-order valence-corrected chi connectivity index (χ3v) is 3.09. The molecule has 21 heavy (non-hydrogen) atoms. The summed E-state index contributed by atoms with van der Waals surface area (Å²) < 4.78 is 0. The van der Waals surface area contributed by atoms with Gasteiger partial charge in [0.15, 0.2) is 0 Å². The van der Waals surface area contributed by atoms with Gasteiger partial charge in [0.1, 0.15) is 0 Å². The summed E-state index contributed by atoms with van der Waals surface area (Å²) in [6.07, 6.45) is 1.95. The number of hydrogen-bond acceptors (Lipinski definition) is 3. The van der Waals surface area contributed by atoms with Crippen LogP contribution in [-0.4, -0.2) is 35.6 Å². The van der Waals surface area contributed by atoms with Crippen molar-refractivity contribution >= 4 is 23.6 Å². The largest absolute Gasteiger partial charge is 0.478 e. The topological polar surface area (TPSA) is 108 Å². The average molecular weight is 291 g/mol. The average Bonchev–Trinajstić information content (AvgIpc) is 3.20. The first-order valence-electron chi connectivity index (χ1n) is 6.64. The molecule has 0 atom stereocenters. The molecule has 0 radical (unpaired) electrons. The van der Waals surface area contributed by atoms with Gasteiger partial charge in [0.2, 0.25) is 5.91 Å². The lowest BCUT2D eigenvalue weighted by Crippen LogP contribution is -2.39. The Labute approximate surface area is 121 Å². The third kappa shape index (κ3) is 4.20. The summed E-state index contributed by atoms with van der Waals surface area (Å²) in [6.45, 7) is 1.51. The summed E-state index contributed by atoms with van der Waals surface area (Å²) in [5, 5.41) is 16.7. The van der Waals surface area contributed by atoms with E-state index in [4.69, 9.17) is 5.11 Å². The lowest BCUT2D eigenvalue weighted by atomic mass is 10.1. The maximum Gasteiger partial charge on any atom is 0.338 e. The molecule has 4 N–H and O–H groups in total. The second-order valence-corrected chi connectivity index (χ2v) is 4.95. The van der Waals surface area contributed by atoms with E-state index in [-0.39, 0.29) is 29.7 Å². The smallest absolute Gasteiger partial charge is 0.338 e. The van der Waals surface area contributed by atoms with Crippen molar-refractivity contribution in [2.45, 2.75) is 25.8 Å². The van der Waals surface area contributed by atoms with Crippen molar-refractivity contribution in [3.05, 3.63) is 29.3 Å². The normalized spacial score (nSPS) is 13.4. The van der Waals surface area contributed by atoms with E-state index < -0.39 is 12.0 Å². The van der Waals surface area contributed by atoms with Gasteiger partial charge in [-0.3, -0.25) is 4.79 Å². The Balaban J connectivity index is 1.91. The number of hydrogen-bond donors (Lipinski definition) is 4. The Morgan fingerprint density at radius 2 is 2.00 bits per heavy atom. The van der Waals surface area contributed by atoms with Crippen LogP contribution in [0.25, 0.3) is 0 Å². The second-order valence-electron chi connectivity index (χ2n) is 4.95. The molecule has 2 rings (SSSR count). The molecular weight excluding hydrogens is 274 g/mol. The van der Waals surface area contributed by atoms with E-state index >= 15 is 0 Å². The molecule has 1 aliphatic rings. The fraction of sp³-hybridized carbons (Fsp3) is 0.357. The lowest BCUT2D eigenvalue weighted by molar-refractivity contribution is -0.120. The van der Waals surface area contributed by atoms with Gasteiger partial charge < -0.3 is 21.1 Å². The predicted octanol–water partition coefficient (Wildman–Crippen LogP) is 1.09. The summed E-state index contributed by atoms with van der Waals surface area (Å²) in [7, 11) is 0. The van der Waals surface area contributed by atoms with Crippen LogP contribution in [0.4, 0.5) is 10.5 Å². The molecule has 7 heteroatoms. The highest BCUT2D eigenvalue weighted by molar-refractivity contribution is 6.01. The quantitative estimate of drug-likeness (QED) is 0.651. The number of anilines is 1. The van der Waals surface area contributed by atoms with E-state index in [2.05, 4.69) is 16.0 Å². The lowest BCUT2D eigenvalue weighted by Gasteiger charge is -2.11. The summed E-state index contributed by atoms with van der Waals surface area (Å²) >= 11 is 0. The Bertz CT molecular complexity index is 582. The van der Waals surface area contributed by atoms with E-state index in [0.717, 1.165) is 12.8 Å². The molecule has 0 heterocycles. The van der Waals surface area contributed by atoms with Gasteiger partial charge in [-0.05, 0) is 31.4 Å². The van der Waals surface area contributed by atoms with Crippen molar-refractivity contribution in [3.8, 4) is 0 Å². The molecule has 1 saturated carbocycles. The van der Waals surface area contributed by atoms with Crippen LogP contribution in [0.2, 0.25) is 0 Å². The first-order chi connectivity index (χ1) is 9.97. The number of amides is 3. The van der Waals surface area contributed by atoms with Gasteiger partial charge in [-0.1, -0.05) is 12.1 Å². The maximum atomic E-state index is 11.7. The molecule has 0 saturated heterocycles. The van der Waals surface area contributed by atoms with E-state index in [9.17, 15) is 14.4 Å². The minimum atomic E-state index is -1.12. The molecule has 1 aromatic rings. The monoisotopic (exact) mass is 291 g/mol. The minimum Gasteiger partial charge on any atom is -0.478 e. The highest BCUT2D eigenvalue weighted by Gasteiger charge is 2.23. The minimum absolute atomic E-state index is 0.0371. The highest BCUT2D eigenvalue weighted by atomic mass is 16.4. The number of carbonyl (C=O) groups is 3. The zero-order valence-corrected chi connectivity index (χ0v) is 11.6. The molecule has 0 spiro atoms. The number of carboxylic acids is 1. The van der Waals surface area contributed by atoms with Crippen molar-refractivity contribution in [1.82, 2.24) is 10.6 Å². The summed E-state index contributed by atoms with van der Waals surface area (Å²) in [4.78, 5) is 34.3. The molecule has 3 amide bonds. The van der Waals surface area contributed by atoms with Crippen LogP contribution >= 0.6 is 0 Å². The number of carboxylic acid groups (broad SMARTS) is 1. The number of benzene rings is 1. The molecule has 1 aromatic carbocycles. The van der Waals surface area contributed by atoms with E-state index in [0.29, 0.717) is 5.56 Å². The molecule has 1 aliphatic carbocycles. The fourth-order valence-corrected chi connectivity index (χ4v) is 1.89. The number of aryl methyl sites for hydroxylation is 1. The molecule has 112 valence electrons. The van der Waals surface area contributed by atoms with Gasteiger partial charge in [-0.15, -0.1) is 0 Å². The molecule has 0 aliphatic heterocycles. The van der Waals surface area contributed by atoms with Crippen molar-refractivity contribution in [2.24, 2.45) is 0 Å². The summed E-state index contributed by atoms with van der Waals surface area (Å²) in [5.41, 5.74) is 0.782. The van der Waals surface area contributed by atoms with Gasteiger partial charge in [0.25, 0.3) is 0 Å². The molecule has 0 unspecified atom stereocenters. The Kier molecular flexibility index (Phi) is 4.42. The van der Waals surface area contributed by atoms with Crippen LogP contribution in [-0.2, 0) is 4.79 Å². The first-order valence-corrected chi connectivity index (χ1v) is 6.64. The molecular formula is C14H17N3O4. The van der Waals surface area contributed by atoms with Gasteiger partial charge >= 0.3 is 12.0 Å². The van der Waals surface area contributed by atoms with Crippen LogP contribution in [0.15, 0.2) is 18.2 Å². The number of carbonyl (C=O) groups excluding carboxylic acids is 2. The van der Waals surface area contributed by atoms with Crippen molar-refractivity contribution in [1.29, 1.82) is 0 Å². The summed E-state index contributed by atoms with van der Waals surface area (Å²) in [5.74, 6) is -1.37. The standard InChI is InChI=1S/C14H17N3O4/c1-8-3-2-4-10(12(8)13(19)20)17-14(21)15-7-11(18)16-9-5-6-9/h2-4,9H,5-7H2,1H3,(H,16,18)(H,19,20)(H2,15,17,21). The molecule has 7 nitrogen and oxygen atoms in total. The Morgan fingerprint density at radius 1 is 1.29 bits per heavy atom. The van der Waals surface area contributed by atoms with Crippen molar-refractivity contribution < 1.29 is 19.5 Å². The van der Waals surface area contributed by atoms with E-state index in [1.807, 2.05) is 0 Å². The second kappa shape index (κ2) is 6.25. The number of aromatic carboxylic acids is 1. The molecule has 0 aromatic heterocycles.